The van der Waals surface area contributed by atoms with Crippen LogP contribution in [0.15, 0.2) is 30.6 Å². The lowest BCUT2D eigenvalue weighted by Gasteiger charge is -2.11. The van der Waals surface area contributed by atoms with Gasteiger partial charge in [0.1, 0.15) is 11.5 Å². The van der Waals surface area contributed by atoms with E-state index >= 15 is 0 Å². The highest BCUT2D eigenvalue weighted by atomic mass is 127. The largest absolute Gasteiger partial charge is 0.351 e. The number of aryl methyl sites for hydroxylation is 1. The van der Waals surface area contributed by atoms with Crippen molar-refractivity contribution >= 4 is 50.8 Å². The summed E-state index contributed by atoms with van der Waals surface area (Å²) in [4.78, 5) is 21.6. The van der Waals surface area contributed by atoms with Crippen LogP contribution in [0, 0.1) is 15.2 Å². The zero-order valence-corrected chi connectivity index (χ0v) is 16.8. The van der Waals surface area contributed by atoms with E-state index in [-0.39, 0.29) is 22.6 Å². The molecule has 1 aromatic carbocycles. The number of fused-ring (bicyclic) bond motifs is 1. The van der Waals surface area contributed by atoms with Crippen molar-refractivity contribution in [1.29, 1.82) is 0 Å². The Kier molecular flexibility index (Phi) is 5.90. The summed E-state index contributed by atoms with van der Waals surface area (Å²) in [6.07, 6.45) is 3.20. The molecule has 0 unspecified atom stereocenters. The van der Waals surface area contributed by atoms with Crippen LogP contribution in [0.25, 0.3) is 10.9 Å². The fourth-order valence-corrected chi connectivity index (χ4v) is 3.20. The van der Waals surface area contributed by atoms with Crippen LogP contribution in [0.5, 0.6) is 0 Å². The number of hydroxylamine groups is 1. The number of hydrogen-bond acceptors (Lipinski definition) is 4. The maximum atomic E-state index is 14.3. The average Bonchev–Trinajstić information content (AvgIpc) is 2.91. The number of aromatic nitrogens is 2. The van der Waals surface area contributed by atoms with Crippen molar-refractivity contribution < 1.29 is 18.4 Å². The molecule has 3 aromatic rings. The molecule has 0 radical (unpaired) electrons. The Labute approximate surface area is 168 Å². The second kappa shape index (κ2) is 8.17. The molecule has 0 fully saturated rings. The maximum absolute atomic E-state index is 14.3. The van der Waals surface area contributed by atoms with Crippen LogP contribution in [-0.4, -0.2) is 22.1 Å². The summed E-state index contributed by atoms with van der Waals surface area (Å²) < 4.78 is 30.8. The number of rotatable bonds is 6. The summed E-state index contributed by atoms with van der Waals surface area (Å²) in [6, 6.07) is 4.63. The first kappa shape index (κ1) is 19.5. The van der Waals surface area contributed by atoms with Crippen LogP contribution in [0.1, 0.15) is 23.8 Å². The third kappa shape index (κ3) is 3.88. The van der Waals surface area contributed by atoms with Gasteiger partial charge in [0.2, 0.25) is 0 Å². The molecule has 0 aliphatic heterocycles. The molecular formula is C18H17F2IN4O2. The Bertz CT molecular complexity index is 1010. The van der Waals surface area contributed by atoms with E-state index in [2.05, 4.69) is 15.8 Å². The number of nitrogens with one attached hydrogen (secondary N) is 2. The molecule has 0 saturated heterocycles. The van der Waals surface area contributed by atoms with Gasteiger partial charge in [0.05, 0.1) is 29.7 Å². The Balaban J connectivity index is 2.12. The highest BCUT2D eigenvalue weighted by Crippen LogP contribution is 2.34. The molecule has 0 aliphatic carbocycles. The molecule has 0 atom stereocenters. The average molecular weight is 486 g/mol. The molecule has 27 heavy (non-hydrogen) atoms. The fourth-order valence-electron chi connectivity index (χ4n) is 2.74. The first-order chi connectivity index (χ1) is 12.9. The molecule has 0 bridgehead atoms. The summed E-state index contributed by atoms with van der Waals surface area (Å²) in [5.41, 5.74) is 3.03. The molecular weight excluding hydrogens is 469 g/mol. The van der Waals surface area contributed by atoms with Crippen LogP contribution in [0.4, 0.5) is 20.2 Å². The molecule has 2 aromatic heterocycles. The minimum atomic E-state index is -0.588. The number of amides is 1. The second-order valence-electron chi connectivity index (χ2n) is 5.83. The molecule has 2 heterocycles. The Morgan fingerprint density at radius 1 is 1.30 bits per heavy atom. The third-order valence-electron chi connectivity index (χ3n) is 3.93. The number of carbonyl (C=O) groups excluding carboxylic acids is 1. The second-order valence-corrected chi connectivity index (χ2v) is 7.07. The van der Waals surface area contributed by atoms with Crippen LogP contribution < -0.4 is 10.8 Å². The van der Waals surface area contributed by atoms with Gasteiger partial charge in [-0.1, -0.05) is 6.92 Å². The number of anilines is 2. The monoisotopic (exact) mass is 486 g/mol. The van der Waals surface area contributed by atoms with Crippen molar-refractivity contribution in [2.45, 2.75) is 13.3 Å². The number of nitrogens with zero attached hydrogens (tertiary/aromatic N) is 2. The molecule has 0 saturated carbocycles. The Morgan fingerprint density at radius 3 is 2.78 bits per heavy atom. The SMILES string of the molecule is CCCONC(=O)c1c(Nc2ccc(I)cc2F)c2cncc(F)c2n1C. The van der Waals surface area contributed by atoms with E-state index in [4.69, 9.17) is 4.84 Å². The van der Waals surface area contributed by atoms with Crippen LogP contribution >= 0.6 is 22.6 Å². The first-order valence-electron chi connectivity index (χ1n) is 8.20. The summed E-state index contributed by atoms with van der Waals surface area (Å²) >= 11 is 2.00. The van der Waals surface area contributed by atoms with Gasteiger partial charge in [0.15, 0.2) is 5.82 Å². The lowest BCUT2D eigenvalue weighted by molar-refractivity contribution is 0.0309. The summed E-state index contributed by atoms with van der Waals surface area (Å²) in [5, 5.41) is 3.27. The van der Waals surface area contributed by atoms with Gasteiger partial charge in [-0.25, -0.2) is 14.3 Å². The van der Waals surface area contributed by atoms with Gasteiger partial charge >= 0.3 is 0 Å². The minimum Gasteiger partial charge on any atom is -0.351 e. The van der Waals surface area contributed by atoms with Crippen molar-refractivity contribution in [3.05, 3.63) is 51.5 Å². The van der Waals surface area contributed by atoms with Gasteiger partial charge < -0.3 is 9.88 Å². The van der Waals surface area contributed by atoms with Crippen LogP contribution in [0.2, 0.25) is 0 Å². The zero-order chi connectivity index (χ0) is 19.6. The molecule has 1 amide bonds. The van der Waals surface area contributed by atoms with Gasteiger partial charge in [0.25, 0.3) is 5.91 Å². The normalized spacial score (nSPS) is 11.0. The van der Waals surface area contributed by atoms with Gasteiger partial charge in [-0.2, -0.15) is 0 Å². The lowest BCUT2D eigenvalue weighted by atomic mass is 10.2. The number of carbonyl (C=O) groups is 1. The van der Waals surface area contributed by atoms with E-state index in [0.29, 0.717) is 18.4 Å². The number of hydrogen-bond donors (Lipinski definition) is 2. The van der Waals surface area contributed by atoms with Crippen LogP contribution in [0.3, 0.4) is 0 Å². The molecule has 0 aliphatic rings. The van der Waals surface area contributed by atoms with Crippen molar-refractivity contribution in [2.24, 2.45) is 7.05 Å². The van der Waals surface area contributed by atoms with E-state index in [1.807, 2.05) is 29.5 Å². The van der Waals surface area contributed by atoms with Gasteiger partial charge in [-0.05, 0) is 47.2 Å². The standard InChI is InChI=1S/C18H17F2IN4O2/c1-3-6-27-24-18(26)17-15(23-14-5-4-10(21)7-12(14)19)11-8-22-9-13(20)16(11)25(17)2/h4-5,7-9,23H,3,6H2,1-2H3,(H,24,26). The molecule has 0 spiro atoms. The van der Waals surface area contributed by atoms with Crippen LogP contribution in [-0.2, 0) is 11.9 Å². The fraction of sp³-hybridized carbons (Fsp3) is 0.222. The topological polar surface area (TPSA) is 68.2 Å². The highest BCUT2D eigenvalue weighted by molar-refractivity contribution is 14.1. The first-order valence-corrected chi connectivity index (χ1v) is 9.28. The molecule has 3 rings (SSSR count). The van der Waals surface area contributed by atoms with Gasteiger partial charge in [-0.3, -0.25) is 14.6 Å². The maximum Gasteiger partial charge on any atom is 0.293 e. The zero-order valence-electron chi connectivity index (χ0n) is 14.6. The highest BCUT2D eigenvalue weighted by Gasteiger charge is 2.24. The third-order valence-corrected chi connectivity index (χ3v) is 4.60. The minimum absolute atomic E-state index is 0.103. The Morgan fingerprint density at radius 2 is 2.07 bits per heavy atom. The van der Waals surface area contributed by atoms with E-state index in [0.717, 1.165) is 9.77 Å². The molecule has 6 nitrogen and oxygen atoms in total. The molecule has 9 heteroatoms. The summed E-state index contributed by atoms with van der Waals surface area (Å²) in [5.74, 6) is -1.65. The van der Waals surface area contributed by atoms with E-state index in [9.17, 15) is 13.6 Å². The van der Waals surface area contributed by atoms with Crippen molar-refractivity contribution in [3.8, 4) is 0 Å². The van der Waals surface area contributed by atoms with E-state index in [1.165, 1.54) is 16.8 Å². The number of halogens is 3. The lowest BCUT2D eigenvalue weighted by Crippen LogP contribution is -2.26. The smallest absolute Gasteiger partial charge is 0.293 e. The predicted molar refractivity (Wildman–Crippen MR) is 107 cm³/mol. The van der Waals surface area contributed by atoms with Crippen molar-refractivity contribution in [3.63, 3.8) is 0 Å². The number of pyridine rings is 1. The Hall–Kier alpha value is -2.27. The van der Waals surface area contributed by atoms with Crippen molar-refractivity contribution in [1.82, 2.24) is 15.0 Å². The predicted octanol–water partition coefficient (Wildman–Crippen LogP) is 4.27. The summed E-state index contributed by atoms with van der Waals surface area (Å²) in [6.45, 7) is 2.23. The van der Waals surface area contributed by atoms with E-state index in [1.54, 1.807) is 19.2 Å². The van der Waals surface area contributed by atoms with Crippen molar-refractivity contribution in [2.75, 3.05) is 11.9 Å². The summed E-state index contributed by atoms with van der Waals surface area (Å²) in [7, 11) is 1.55. The van der Waals surface area contributed by atoms with E-state index < -0.39 is 17.5 Å². The van der Waals surface area contributed by atoms with Gasteiger partial charge in [0, 0.05) is 22.2 Å². The quantitative estimate of drug-likeness (QED) is 0.310. The molecule has 2 N–H and O–H groups in total. The van der Waals surface area contributed by atoms with Gasteiger partial charge in [-0.15, -0.1) is 0 Å². The number of benzene rings is 1. The molecule has 142 valence electrons.